The number of carboxylic acid groups (broad SMARTS) is 1. The van der Waals surface area contributed by atoms with Crippen molar-refractivity contribution in [2.45, 2.75) is 4.90 Å². The van der Waals surface area contributed by atoms with Gasteiger partial charge in [-0.1, -0.05) is 35.3 Å². The van der Waals surface area contributed by atoms with Crippen LogP contribution in [0.2, 0.25) is 10.0 Å². The highest BCUT2D eigenvalue weighted by Crippen LogP contribution is 2.34. The number of benzene rings is 2. The van der Waals surface area contributed by atoms with Gasteiger partial charge in [0.05, 0.1) is 9.92 Å². The summed E-state index contributed by atoms with van der Waals surface area (Å²) in [5.74, 6) is -0.869. The topological polar surface area (TPSA) is 80.7 Å². The Morgan fingerprint density at radius 3 is 2.35 bits per heavy atom. The molecular weight excluding hydrogens is 363 g/mol. The SMILES string of the molecule is CS(=O)(=O)c1ccc(-c2ccc(OCC(=O)O)c(Cl)c2)c(Cl)c1. The van der Waals surface area contributed by atoms with Crippen LogP contribution in [-0.4, -0.2) is 32.4 Å². The zero-order chi connectivity index (χ0) is 17.2. The van der Waals surface area contributed by atoms with Crippen LogP contribution >= 0.6 is 23.2 Å². The second kappa shape index (κ2) is 6.78. The summed E-state index contributed by atoms with van der Waals surface area (Å²) >= 11 is 12.2. The molecule has 0 aromatic heterocycles. The normalized spacial score (nSPS) is 11.3. The molecule has 8 heteroatoms. The maximum Gasteiger partial charge on any atom is 0.341 e. The Kier molecular flexibility index (Phi) is 5.19. The fraction of sp³-hybridized carbons (Fsp3) is 0.133. The highest BCUT2D eigenvalue weighted by atomic mass is 35.5. The van der Waals surface area contributed by atoms with Crippen LogP contribution in [-0.2, 0) is 14.6 Å². The first-order chi connectivity index (χ1) is 10.7. The van der Waals surface area contributed by atoms with Gasteiger partial charge in [0.1, 0.15) is 5.75 Å². The van der Waals surface area contributed by atoms with Gasteiger partial charge in [0.25, 0.3) is 0 Å². The smallest absolute Gasteiger partial charge is 0.341 e. The average molecular weight is 375 g/mol. The minimum atomic E-state index is -3.34. The predicted molar refractivity (Wildman–Crippen MR) is 88.1 cm³/mol. The lowest BCUT2D eigenvalue weighted by molar-refractivity contribution is -0.139. The molecule has 1 N–H and O–H groups in total. The van der Waals surface area contributed by atoms with E-state index in [1.54, 1.807) is 18.2 Å². The first-order valence-corrected chi connectivity index (χ1v) is 8.97. The summed E-state index contributed by atoms with van der Waals surface area (Å²) in [7, 11) is -3.34. The van der Waals surface area contributed by atoms with Crippen molar-refractivity contribution in [3.8, 4) is 16.9 Å². The lowest BCUT2D eigenvalue weighted by atomic mass is 10.1. The molecule has 0 aliphatic heterocycles. The number of carboxylic acids is 1. The van der Waals surface area contributed by atoms with Gasteiger partial charge >= 0.3 is 5.97 Å². The largest absolute Gasteiger partial charge is 0.480 e. The average Bonchev–Trinajstić information content (AvgIpc) is 2.44. The van der Waals surface area contributed by atoms with Gasteiger partial charge in [0.15, 0.2) is 16.4 Å². The lowest BCUT2D eigenvalue weighted by Crippen LogP contribution is -2.09. The highest BCUT2D eigenvalue weighted by Gasteiger charge is 2.13. The Labute approximate surface area is 143 Å². The van der Waals surface area contributed by atoms with Gasteiger partial charge in [-0.15, -0.1) is 0 Å². The summed E-state index contributed by atoms with van der Waals surface area (Å²) in [5.41, 5.74) is 1.26. The number of ether oxygens (including phenoxy) is 1. The quantitative estimate of drug-likeness (QED) is 0.865. The molecular formula is C15H12Cl2O5S. The number of hydrogen-bond donors (Lipinski definition) is 1. The third-order valence-corrected chi connectivity index (χ3v) is 4.68. The van der Waals surface area contributed by atoms with Crippen LogP contribution < -0.4 is 4.74 Å². The summed E-state index contributed by atoms with van der Waals surface area (Å²) in [5, 5.41) is 9.09. The number of carbonyl (C=O) groups is 1. The van der Waals surface area contributed by atoms with E-state index in [0.29, 0.717) is 11.1 Å². The summed E-state index contributed by atoms with van der Waals surface area (Å²) in [6, 6.07) is 9.17. The molecule has 122 valence electrons. The molecule has 0 atom stereocenters. The van der Waals surface area contributed by atoms with Crippen LogP contribution in [0.1, 0.15) is 0 Å². The van der Waals surface area contributed by atoms with Gasteiger partial charge in [-0.3, -0.25) is 0 Å². The van der Waals surface area contributed by atoms with Crippen LogP contribution in [0.25, 0.3) is 11.1 Å². The van der Waals surface area contributed by atoms with Crippen LogP contribution in [0.3, 0.4) is 0 Å². The number of halogens is 2. The van der Waals surface area contributed by atoms with Gasteiger partial charge in [0.2, 0.25) is 0 Å². The van der Waals surface area contributed by atoms with Gasteiger partial charge < -0.3 is 9.84 Å². The lowest BCUT2D eigenvalue weighted by Gasteiger charge is -2.10. The molecule has 0 aliphatic carbocycles. The van der Waals surface area contributed by atoms with E-state index in [-0.39, 0.29) is 20.7 Å². The van der Waals surface area contributed by atoms with Crippen LogP contribution in [0.15, 0.2) is 41.3 Å². The number of sulfone groups is 1. The van der Waals surface area contributed by atoms with Crippen molar-refractivity contribution >= 4 is 39.0 Å². The summed E-state index contributed by atoms with van der Waals surface area (Å²) in [6.45, 7) is -0.497. The second-order valence-electron chi connectivity index (χ2n) is 4.74. The molecule has 2 rings (SSSR count). The zero-order valence-corrected chi connectivity index (χ0v) is 14.2. The minimum absolute atomic E-state index is 0.124. The first-order valence-electron chi connectivity index (χ1n) is 6.32. The molecule has 0 saturated heterocycles. The van der Waals surface area contributed by atoms with E-state index < -0.39 is 22.4 Å². The predicted octanol–water partition coefficient (Wildman–Crippen LogP) is 3.53. The molecule has 0 saturated carbocycles. The van der Waals surface area contributed by atoms with Crippen molar-refractivity contribution in [3.63, 3.8) is 0 Å². The van der Waals surface area contributed by atoms with Crippen molar-refractivity contribution in [3.05, 3.63) is 46.4 Å². The summed E-state index contributed by atoms with van der Waals surface area (Å²) in [6.07, 6.45) is 1.10. The molecule has 0 amide bonds. The van der Waals surface area contributed by atoms with E-state index >= 15 is 0 Å². The molecule has 2 aromatic carbocycles. The van der Waals surface area contributed by atoms with E-state index in [1.807, 2.05) is 0 Å². The Hall–Kier alpha value is -1.76. The Morgan fingerprint density at radius 1 is 1.13 bits per heavy atom. The molecule has 23 heavy (non-hydrogen) atoms. The molecule has 2 aromatic rings. The van der Waals surface area contributed by atoms with Crippen molar-refractivity contribution < 1.29 is 23.1 Å². The summed E-state index contributed by atoms with van der Waals surface area (Å²) in [4.78, 5) is 10.6. The van der Waals surface area contributed by atoms with Gasteiger partial charge in [-0.25, -0.2) is 13.2 Å². The first kappa shape index (κ1) is 17.6. The van der Waals surface area contributed by atoms with E-state index in [4.69, 9.17) is 33.0 Å². The van der Waals surface area contributed by atoms with E-state index in [1.165, 1.54) is 18.2 Å². The fourth-order valence-electron chi connectivity index (χ4n) is 1.89. The van der Waals surface area contributed by atoms with E-state index in [2.05, 4.69) is 0 Å². The number of rotatable bonds is 5. The molecule has 0 heterocycles. The molecule has 0 fully saturated rings. The maximum absolute atomic E-state index is 11.5. The standard InChI is InChI=1S/C15H12Cl2O5S/c1-23(20,21)10-3-4-11(12(16)7-10)9-2-5-14(13(17)6-9)22-8-15(18)19/h2-7H,8H2,1H3,(H,18,19). The highest BCUT2D eigenvalue weighted by molar-refractivity contribution is 7.90. The van der Waals surface area contributed by atoms with Crippen LogP contribution in [0.5, 0.6) is 5.75 Å². The maximum atomic E-state index is 11.5. The van der Waals surface area contributed by atoms with Gasteiger partial charge in [-0.05, 0) is 29.8 Å². The Balaban J connectivity index is 2.36. The van der Waals surface area contributed by atoms with E-state index in [0.717, 1.165) is 6.26 Å². The van der Waals surface area contributed by atoms with Crippen molar-refractivity contribution in [2.75, 3.05) is 12.9 Å². The fourth-order valence-corrected chi connectivity index (χ4v) is 3.12. The third-order valence-electron chi connectivity index (χ3n) is 2.96. The minimum Gasteiger partial charge on any atom is -0.480 e. The molecule has 0 radical (unpaired) electrons. The van der Waals surface area contributed by atoms with Crippen molar-refractivity contribution in [2.24, 2.45) is 0 Å². The monoisotopic (exact) mass is 374 g/mol. The second-order valence-corrected chi connectivity index (χ2v) is 7.57. The Morgan fingerprint density at radius 2 is 1.83 bits per heavy atom. The van der Waals surface area contributed by atoms with Gasteiger partial charge in [-0.2, -0.15) is 0 Å². The molecule has 0 unspecified atom stereocenters. The third kappa shape index (κ3) is 4.37. The Bertz CT molecular complexity index is 862. The summed E-state index contributed by atoms with van der Waals surface area (Å²) < 4.78 is 28.1. The van der Waals surface area contributed by atoms with Crippen molar-refractivity contribution in [1.29, 1.82) is 0 Å². The number of hydrogen-bond acceptors (Lipinski definition) is 4. The molecule has 5 nitrogen and oxygen atoms in total. The van der Waals surface area contributed by atoms with E-state index in [9.17, 15) is 13.2 Å². The van der Waals surface area contributed by atoms with Crippen molar-refractivity contribution in [1.82, 2.24) is 0 Å². The molecule has 0 bridgehead atoms. The molecule has 0 aliphatic rings. The number of aliphatic carboxylic acids is 1. The van der Waals surface area contributed by atoms with Crippen LogP contribution in [0.4, 0.5) is 0 Å². The zero-order valence-electron chi connectivity index (χ0n) is 11.9. The van der Waals surface area contributed by atoms with Gasteiger partial charge in [0, 0.05) is 16.8 Å². The van der Waals surface area contributed by atoms with Crippen LogP contribution in [0, 0.1) is 0 Å². The molecule has 0 spiro atoms.